The van der Waals surface area contributed by atoms with Gasteiger partial charge in [0.1, 0.15) is 0 Å². The van der Waals surface area contributed by atoms with Gasteiger partial charge in [0.05, 0.1) is 0 Å². The molecule has 0 bridgehead atoms. The van der Waals surface area contributed by atoms with Gasteiger partial charge in [-0.25, -0.2) is 4.79 Å². The number of aldehydes is 1. The molecule has 1 N–H and O–H groups in total. The third-order valence-corrected chi connectivity index (χ3v) is 1.93. The molecule has 0 radical (unpaired) electrons. The summed E-state index contributed by atoms with van der Waals surface area (Å²) in [5, 5.41) is 8.73. The predicted octanol–water partition coefficient (Wildman–Crippen LogP) is 1.74. The Balaban J connectivity index is 3.24. The van der Waals surface area contributed by atoms with Crippen LogP contribution in [-0.2, 0) is 9.59 Å². The van der Waals surface area contributed by atoms with E-state index in [1.165, 1.54) is 6.92 Å². The van der Waals surface area contributed by atoms with Crippen molar-refractivity contribution in [2.75, 3.05) is 0 Å². The lowest BCUT2D eigenvalue weighted by atomic mass is 10.0. The average Bonchev–Trinajstić information content (AvgIpc) is 2.20. The summed E-state index contributed by atoms with van der Waals surface area (Å²) in [5.74, 6) is -1.07. The number of hydrogen-bond donors (Lipinski definition) is 1. The lowest BCUT2D eigenvalue weighted by molar-refractivity contribution is -0.132. The van der Waals surface area contributed by atoms with Crippen LogP contribution in [0.1, 0.15) is 12.5 Å². The third kappa shape index (κ3) is 2.07. The summed E-state index contributed by atoms with van der Waals surface area (Å²) in [6.07, 6.45) is 0.568. The van der Waals surface area contributed by atoms with Gasteiger partial charge in [-0.15, -0.1) is 0 Å². The minimum Gasteiger partial charge on any atom is -0.478 e. The van der Waals surface area contributed by atoms with Crippen LogP contribution in [0.4, 0.5) is 0 Å². The molecule has 3 heteroatoms. The van der Waals surface area contributed by atoms with Crippen LogP contribution >= 0.6 is 0 Å². The summed E-state index contributed by atoms with van der Waals surface area (Å²) in [6, 6.07) is 8.73. The maximum Gasteiger partial charge on any atom is 0.332 e. The van der Waals surface area contributed by atoms with Gasteiger partial charge < -0.3 is 5.11 Å². The van der Waals surface area contributed by atoms with Gasteiger partial charge in [-0.1, -0.05) is 30.3 Å². The number of carbonyl (C=O) groups is 2. The average molecular weight is 190 g/mol. The highest BCUT2D eigenvalue weighted by Gasteiger charge is 2.09. The van der Waals surface area contributed by atoms with Gasteiger partial charge in [-0.05, 0) is 12.5 Å². The number of allylic oxidation sites excluding steroid dienone is 1. The van der Waals surface area contributed by atoms with E-state index in [0.717, 1.165) is 0 Å². The maximum atomic E-state index is 10.7. The normalized spacial score (nSPS) is 11.8. The van der Waals surface area contributed by atoms with Crippen molar-refractivity contribution < 1.29 is 14.7 Å². The fraction of sp³-hybridized carbons (Fsp3) is 0.0909. The Bertz CT molecular complexity index is 377. The Morgan fingerprint density at radius 3 is 2.29 bits per heavy atom. The third-order valence-electron chi connectivity index (χ3n) is 1.93. The van der Waals surface area contributed by atoms with E-state index in [-0.39, 0.29) is 11.1 Å². The molecule has 14 heavy (non-hydrogen) atoms. The first-order chi connectivity index (χ1) is 6.66. The van der Waals surface area contributed by atoms with Crippen molar-refractivity contribution in [1.82, 2.24) is 0 Å². The van der Waals surface area contributed by atoms with Gasteiger partial charge in [0.15, 0.2) is 6.29 Å². The Hall–Kier alpha value is -1.90. The maximum absolute atomic E-state index is 10.7. The lowest BCUT2D eigenvalue weighted by Crippen LogP contribution is -2.01. The Morgan fingerprint density at radius 2 is 1.86 bits per heavy atom. The van der Waals surface area contributed by atoms with Crippen molar-refractivity contribution in [3.8, 4) is 0 Å². The molecule has 0 aliphatic rings. The van der Waals surface area contributed by atoms with Crippen LogP contribution in [-0.4, -0.2) is 17.4 Å². The van der Waals surface area contributed by atoms with Crippen LogP contribution in [0.15, 0.2) is 35.9 Å². The molecule has 1 rings (SSSR count). The molecule has 0 heterocycles. The molecule has 0 spiro atoms. The largest absolute Gasteiger partial charge is 0.478 e. The van der Waals surface area contributed by atoms with E-state index < -0.39 is 5.97 Å². The monoisotopic (exact) mass is 190 g/mol. The Kier molecular flexibility index (Phi) is 3.18. The molecular weight excluding hydrogens is 180 g/mol. The highest BCUT2D eigenvalue weighted by atomic mass is 16.4. The number of benzene rings is 1. The van der Waals surface area contributed by atoms with Crippen LogP contribution in [0.2, 0.25) is 0 Å². The fourth-order valence-electron chi connectivity index (χ4n) is 1.11. The smallest absolute Gasteiger partial charge is 0.332 e. The number of carboxylic acid groups (broad SMARTS) is 1. The molecule has 0 atom stereocenters. The van der Waals surface area contributed by atoms with Crippen molar-refractivity contribution in [2.24, 2.45) is 0 Å². The molecule has 3 nitrogen and oxygen atoms in total. The van der Waals surface area contributed by atoms with Crippen molar-refractivity contribution in [1.29, 1.82) is 0 Å². The van der Waals surface area contributed by atoms with E-state index >= 15 is 0 Å². The molecule has 0 fully saturated rings. The van der Waals surface area contributed by atoms with Gasteiger partial charge >= 0.3 is 5.97 Å². The summed E-state index contributed by atoms with van der Waals surface area (Å²) in [6.45, 7) is 1.42. The molecule has 0 saturated carbocycles. The molecule has 0 unspecified atom stereocenters. The summed E-state index contributed by atoms with van der Waals surface area (Å²) < 4.78 is 0. The van der Waals surface area contributed by atoms with Crippen LogP contribution in [0.25, 0.3) is 5.57 Å². The number of carbonyl (C=O) groups excluding carboxylic acids is 1. The van der Waals surface area contributed by atoms with Crippen molar-refractivity contribution in [2.45, 2.75) is 6.92 Å². The molecule has 0 aromatic heterocycles. The molecule has 0 amide bonds. The van der Waals surface area contributed by atoms with E-state index in [1.807, 2.05) is 6.07 Å². The molecule has 1 aromatic rings. The highest BCUT2D eigenvalue weighted by molar-refractivity contribution is 6.15. The zero-order valence-electron chi connectivity index (χ0n) is 7.73. The summed E-state index contributed by atoms with van der Waals surface area (Å²) in [5.41, 5.74) is 0.909. The van der Waals surface area contributed by atoms with Gasteiger partial charge in [-0.3, -0.25) is 4.79 Å². The first-order valence-corrected chi connectivity index (χ1v) is 4.11. The van der Waals surface area contributed by atoms with Gasteiger partial charge in [0.25, 0.3) is 0 Å². The fourth-order valence-corrected chi connectivity index (χ4v) is 1.11. The second-order valence-electron chi connectivity index (χ2n) is 2.83. The Morgan fingerprint density at radius 1 is 1.29 bits per heavy atom. The number of aliphatic carboxylic acids is 1. The molecule has 0 saturated heterocycles. The van der Waals surface area contributed by atoms with E-state index in [4.69, 9.17) is 5.11 Å². The number of hydrogen-bond acceptors (Lipinski definition) is 2. The van der Waals surface area contributed by atoms with E-state index in [2.05, 4.69) is 0 Å². The van der Waals surface area contributed by atoms with Crippen LogP contribution in [0.5, 0.6) is 0 Å². The standard InChI is InChI=1S/C11H10O3/c1-8(11(13)14)10(7-12)9-5-3-2-4-6-9/h2-7H,1H3,(H,13,14). The lowest BCUT2D eigenvalue weighted by Gasteiger charge is -2.02. The molecule has 0 aliphatic carbocycles. The van der Waals surface area contributed by atoms with Gasteiger partial charge in [-0.2, -0.15) is 0 Å². The quantitative estimate of drug-likeness (QED) is 0.583. The zero-order valence-corrected chi connectivity index (χ0v) is 7.73. The molecule has 0 aliphatic heterocycles. The Labute approximate surface area is 81.7 Å². The number of carboxylic acids is 1. The summed E-state index contributed by atoms with van der Waals surface area (Å²) in [7, 11) is 0. The first kappa shape index (κ1) is 10.2. The SMILES string of the molecule is CC(C(=O)O)=C(C=O)c1ccccc1. The van der Waals surface area contributed by atoms with Crippen molar-refractivity contribution >= 4 is 17.8 Å². The second-order valence-corrected chi connectivity index (χ2v) is 2.83. The van der Waals surface area contributed by atoms with Crippen LogP contribution in [0.3, 0.4) is 0 Å². The summed E-state index contributed by atoms with van der Waals surface area (Å²) >= 11 is 0. The first-order valence-electron chi connectivity index (χ1n) is 4.11. The van der Waals surface area contributed by atoms with Crippen LogP contribution in [0, 0.1) is 0 Å². The van der Waals surface area contributed by atoms with Crippen LogP contribution < -0.4 is 0 Å². The van der Waals surface area contributed by atoms with Gasteiger partial charge in [0, 0.05) is 11.1 Å². The molecule has 72 valence electrons. The predicted molar refractivity (Wildman–Crippen MR) is 52.7 cm³/mol. The van der Waals surface area contributed by atoms with E-state index in [0.29, 0.717) is 11.8 Å². The van der Waals surface area contributed by atoms with E-state index in [1.54, 1.807) is 24.3 Å². The molecule has 1 aromatic carbocycles. The van der Waals surface area contributed by atoms with E-state index in [9.17, 15) is 9.59 Å². The molecular formula is C11H10O3. The zero-order chi connectivity index (χ0) is 10.6. The number of rotatable bonds is 3. The highest BCUT2D eigenvalue weighted by Crippen LogP contribution is 2.15. The topological polar surface area (TPSA) is 54.4 Å². The van der Waals surface area contributed by atoms with Crippen molar-refractivity contribution in [3.63, 3.8) is 0 Å². The minimum absolute atomic E-state index is 0.0613. The second kappa shape index (κ2) is 4.37. The van der Waals surface area contributed by atoms with Gasteiger partial charge in [0.2, 0.25) is 0 Å². The van der Waals surface area contributed by atoms with Crippen molar-refractivity contribution in [3.05, 3.63) is 41.5 Å². The summed E-state index contributed by atoms with van der Waals surface area (Å²) in [4.78, 5) is 21.4. The minimum atomic E-state index is -1.07.